The minimum atomic E-state index is -1.25. The first-order valence-corrected chi connectivity index (χ1v) is 10.0. The normalized spacial score (nSPS) is 36.2. The number of aliphatic hydroxyl groups is 1. The van der Waals surface area contributed by atoms with E-state index in [1.807, 2.05) is 24.3 Å². The van der Waals surface area contributed by atoms with Gasteiger partial charge >= 0.3 is 5.97 Å². The fraction of sp³-hybridized carbons (Fsp3) is 0.522. The number of aliphatic hydroxyl groups excluding tert-OH is 1. The molecule has 1 fully saturated rings. The number of ether oxygens (including phenoxy) is 5. The molecule has 30 heavy (non-hydrogen) atoms. The van der Waals surface area contributed by atoms with Crippen LogP contribution in [-0.4, -0.2) is 49.9 Å². The molecule has 1 aliphatic heterocycles. The van der Waals surface area contributed by atoms with Gasteiger partial charge in [-0.05, 0) is 36.1 Å². The third-order valence-electron chi connectivity index (χ3n) is 6.98. The van der Waals surface area contributed by atoms with E-state index in [1.54, 1.807) is 6.08 Å². The van der Waals surface area contributed by atoms with Crippen LogP contribution in [0.2, 0.25) is 0 Å². The van der Waals surface area contributed by atoms with Crippen LogP contribution in [0.15, 0.2) is 42.7 Å². The van der Waals surface area contributed by atoms with Crippen molar-refractivity contribution in [2.45, 2.75) is 44.0 Å². The summed E-state index contributed by atoms with van der Waals surface area (Å²) < 4.78 is 28.5. The number of hydrogen-bond donors (Lipinski definition) is 1. The molecule has 0 spiro atoms. The Morgan fingerprint density at radius 1 is 1.33 bits per heavy atom. The molecule has 7 heteroatoms. The van der Waals surface area contributed by atoms with Gasteiger partial charge in [-0.15, -0.1) is 6.58 Å². The van der Waals surface area contributed by atoms with E-state index in [-0.39, 0.29) is 18.6 Å². The molecule has 7 nitrogen and oxygen atoms in total. The maximum absolute atomic E-state index is 12.0. The molecule has 1 saturated carbocycles. The molecule has 0 saturated heterocycles. The SMILES string of the molecule is C=CC[C@@]12C=C(OC)[C@H](OC(C)=O)[C@@](OC)(C1O)[C@@H](c1ccc3c(c1)OCO3)[C@@H]2C. The summed E-state index contributed by atoms with van der Waals surface area (Å²) in [6.45, 7) is 7.48. The second kappa shape index (κ2) is 7.32. The highest BCUT2D eigenvalue weighted by molar-refractivity contribution is 5.67. The maximum Gasteiger partial charge on any atom is 0.303 e. The zero-order valence-corrected chi connectivity index (χ0v) is 17.7. The smallest absolute Gasteiger partial charge is 0.303 e. The summed E-state index contributed by atoms with van der Waals surface area (Å²) in [6.07, 6.45) is 2.33. The monoisotopic (exact) mass is 416 g/mol. The van der Waals surface area contributed by atoms with Crippen molar-refractivity contribution in [2.75, 3.05) is 21.0 Å². The lowest BCUT2D eigenvalue weighted by Crippen LogP contribution is -2.60. The molecule has 2 bridgehead atoms. The average molecular weight is 416 g/mol. The summed E-state index contributed by atoms with van der Waals surface area (Å²) in [5.41, 5.74) is -1.04. The van der Waals surface area contributed by atoms with Crippen LogP contribution in [-0.2, 0) is 19.0 Å². The van der Waals surface area contributed by atoms with Crippen molar-refractivity contribution in [1.82, 2.24) is 0 Å². The van der Waals surface area contributed by atoms with Crippen LogP contribution in [0.25, 0.3) is 0 Å². The van der Waals surface area contributed by atoms with Gasteiger partial charge in [-0.3, -0.25) is 4.79 Å². The Balaban J connectivity index is 1.94. The van der Waals surface area contributed by atoms with Crippen LogP contribution in [0.1, 0.15) is 31.7 Å². The molecule has 1 heterocycles. The topological polar surface area (TPSA) is 83.5 Å². The minimum absolute atomic E-state index is 0.0865. The molecule has 2 aliphatic carbocycles. The quantitative estimate of drug-likeness (QED) is 0.564. The molecule has 0 radical (unpaired) electrons. The zero-order valence-electron chi connectivity index (χ0n) is 17.7. The Morgan fingerprint density at radius 3 is 2.70 bits per heavy atom. The Bertz CT molecular complexity index is 894. The molecular formula is C23H28O7. The Hall–Kier alpha value is -2.51. The second-order valence-corrected chi connectivity index (χ2v) is 8.18. The van der Waals surface area contributed by atoms with E-state index in [0.717, 1.165) is 5.56 Å². The van der Waals surface area contributed by atoms with Gasteiger partial charge in [0.05, 0.1) is 13.2 Å². The van der Waals surface area contributed by atoms with Crippen molar-refractivity contribution in [3.05, 3.63) is 48.3 Å². The largest absolute Gasteiger partial charge is 0.497 e. The average Bonchev–Trinajstić information content (AvgIpc) is 3.23. The number of benzene rings is 1. The van der Waals surface area contributed by atoms with Gasteiger partial charge in [-0.1, -0.05) is 19.1 Å². The number of allylic oxidation sites excluding steroid dienone is 1. The maximum atomic E-state index is 12.0. The molecule has 3 aliphatic rings. The summed E-state index contributed by atoms with van der Waals surface area (Å²) >= 11 is 0. The molecule has 1 unspecified atom stereocenters. The summed E-state index contributed by atoms with van der Waals surface area (Å²) in [4.78, 5) is 12.0. The van der Waals surface area contributed by atoms with Gasteiger partial charge in [0.2, 0.25) is 6.79 Å². The van der Waals surface area contributed by atoms with E-state index in [1.165, 1.54) is 21.1 Å². The third-order valence-corrected chi connectivity index (χ3v) is 6.98. The van der Waals surface area contributed by atoms with Crippen molar-refractivity contribution in [3.63, 3.8) is 0 Å². The van der Waals surface area contributed by atoms with Crippen LogP contribution >= 0.6 is 0 Å². The number of fused-ring (bicyclic) bond motifs is 3. The van der Waals surface area contributed by atoms with E-state index in [9.17, 15) is 9.90 Å². The number of rotatable bonds is 6. The molecule has 0 amide bonds. The van der Waals surface area contributed by atoms with Gasteiger partial charge in [0.25, 0.3) is 0 Å². The van der Waals surface area contributed by atoms with Crippen molar-refractivity contribution in [3.8, 4) is 11.5 Å². The lowest BCUT2D eigenvalue weighted by atomic mass is 9.69. The number of carbonyl (C=O) groups is 1. The Kier molecular flexibility index (Phi) is 5.06. The lowest BCUT2D eigenvalue weighted by molar-refractivity contribution is -0.199. The van der Waals surface area contributed by atoms with Gasteiger partial charge in [0.15, 0.2) is 17.6 Å². The minimum Gasteiger partial charge on any atom is -0.497 e. The molecule has 162 valence electrons. The molecule has 0 aromatic heterocycles. The van der Waals surface area contributed by atoms with Crippen LogP contribution in [0.3, 0.4) is 0 Å². The highest BCUT2D eigenvalue weighted by Crippen LogP contribution is 2.65. The van der Waals surface area contributed by atoms with Gasteiger partial charge in [-0.25, -0.2) is 0 Å². The summed E-state index contributed by atoms with van der Waals surface area (Å²) in [6, 6.07) is 5.71. The fourth-order valence-corrected chi connectivity index (χ4v) is 5.71. The third kappa shape index (κ3) is 2.61. The standard InChI is InChI=1S/C23H28O7/c1-6-9-22-11-18(26-4)20(30-14(3)24)23(27-5,21(22)25)19(13(22)2)15-7-8-16-17(10-15)29-12-28-16/h6-8,10-11,13,19-21,25H,1,9,12H2,2-5H3/t13-,19+,20-,21?,22-,23+/m0/s1. The van der Waals surface area contributed by atoms with E-state index in [0.29, 0.717) is 23.7 Å². The van der Waals surface area contributed by atoms with Crippen molar-refractivity contribution >= 4 is 5.97 Å². The van der Waals surface area contributed by atoms with E-state index in [4.69, 9.17) is 23.7 Å². The highest BCUT2D eigenvalue weighted by Gasteiger charge is 2.73. The second-order valence-electron chi connectivity index (χ2n) is 8.18. The Morgan fingerprint density at radius 2 is 2.07 bits per heavy atom. The van der Waals surface area contributed by atoms with Gasteiger partial charge < -0.3 is 28.8 Å². The van der Waals surface area contributed by atoms with Gasteiger partial charge in [0.1, 0.15) is 11.4 Å². The molecule has 1 aromatic carbocycles. The summed E-state index contributed by atoms with van der Waals surface area (Å²) in [7, 11) is 3.07. The number of carbonyl (C=O) groups excluding carboxylic acids is 1. The van der Waals surface area contributed by atoms with Gasteiger partial charge in [-0.2, -0.15) is 0 Å². The summed E-state index contributed by atoms with van der Waals surface area (Å²) in [5.74, 6) is 0.897. The number of methoxy groups -OCH3 is 2. The molecular weight excluding hydrogens is 388 g/mol. The van der Waals surface area contributed by atoms with E-state index < -0.39 is 29.2 Å². The van der Waals surface area contributed by atoms with Gasteiger partial charge in [0, 0.05) is 25.4 Å². The molecule has 4 rings (SSSR count). The lowest BCUT2D eigenvalue weighted by Gasteiger charge is -2.47. The highest BCUT2D eigenvalue weighted by atomic mass is 16.7. The van der Waals surface area contributed by atoms with Crippen molar-refractivity contribution < 1.29 is 33.6 Å². The van der Waals surface area contributed by atoms with Crippen molar-refractivity contribution in [1.29, 1.82) is 0 Å². The van der Waals surface area contributed by atoms with E-state index in [2.05, 4.69) is 13.5 Å². The molecule has 6 atom stereocenters. The zero-order chi connectivity index (χ0) is 21.7. The predicted molar refractivity (Wildman–Crippen MR) is 108 cm³/mol. The van der Waals surface area contributed by atoms with Crippen LogP contribution < -0.4 is 9.47 Å². The Labute approximate surface area is 176 Å². The van der Waals surface area contributed by atoms with Crippen molar-refractivity contribution in [2.24, 2.45) is 11.3 Å². The predicted octanol–water partition coefficient (Wildman–Crippen LogP) is 2.93. The first-order chi connectivity index (χ1) is 14.4. The molecule has 1 N–H and O–H groups in total. The van der Waals surface area contributed by atoms with Crippen LogP contribution in [0.5, 0.6) is 11.5 Å². The van der Waals surface area contributed by atoms with Crippen LogP contribution in [0, 0.1) is 11.3 Å². The first kappa shape index (κ1) is 20.8. The van der Waals surface area contributed by atoms with Crippen LogP contribution in [0.4, 0.5) is 0 Å². The number of esters is 1. The van der Waals surface area contributed by atoms with E-state index >= 15 is 0 Å². The first-order valence-electron chi connectivity index (χ1n) is 10.0. The summed E-state index contributed by atoms with van der Waals surface area (Å²) in [5, 5.41) is 11.7. The fourth-order valence-electron chi connectivity index (χ4n) is 5.71. The molecule has 1 aromatic rings. The number of hydrogen-bond acceptors (Lipinski definition) is 7.